The van der Waals surface area contributed by atoms with Crippen LogP contribution in [-0.4, -0.2) is 27.6 Å². The summed E-state index contributed by atoms with van der Waals surface area (Å²) >= 11 is 3.44. The zero-order valence-corrected chi connectivity index (χ0v) is 10.9. The third-order valence-electron chi connectivity index (χ3n) is 2.20. The average molecular weight is 308 g/mol. The van der Waals surface area contributed by atoms with E-state index in [1.165, 1.54) is 0 Å². The van der Waals surface area contributed by atoms with Gasteiger partial charge in [-0.1, -0.05) is 34.1 Å². The van der Waals surface area contributed by atoms with Gasteiger partial charge in [-0.05, 0) is 12.1 Å². The molecule has 1 aromatic heterocycles. The monoisotopic (exact) mass is 307 g/mol. The summed E-state index contributed by atoms with van der Waals surface area (Å²) < 4.78 is 0.924. The maximum absolute atomic E-state index is 10.5. The number of hydrogen-bond acceptors (Lipinski definition) is 4. The number of halogens is 1. The van der Waals surface area contributed by atoms with Crippen LogP contribution in [0.25, 0.3) is 11.3 Å². The fourth-order valence-electron chi connectivity index (χ4n) is 1.42. The highest BCUT2D eigenvalue weighted by molar-refractivity contribution is 9.10. The van der Waals surface area contributed by atoms with Crippen molar-refractivity contribution >= 4 is 27.8 Å². The minimum Gasteiger partial charge on any atom is -0.480 e. The number of rotatable bonds is 4. The van der Waals surface area contributed by atoms with Crippen LogP contribution in [0.15, 0.2) is 41.0 Å². The van der Waals surface area contributed by atoms with E-state index in [-0.39, 0.29) is 6.54 Å². The molecule has 0 spiro atoms. The van der Waals surface area contributed by atoms with E-state index in [4.69, 9.17) is 5.11 Å². The SMILES string of the molecule is O=C(O)CNc1nccc(-c2ccccc2Br)n1. The molecule has 5 nitrogen and oxygen atoms in total. The molecule has 0 bridgehead atoms. The summed E-state index contributed by atoms with van der Waals surface area (Å²) in [6.07, 6.45) is 1.59. The molecule has 0 fully saturated rings. The largest absolute Gasteiger partial charge is 0.480 e. The first-order chi connectivity index (χ1) is 8.66. The van der Waals surface area contributed by atoms with E-state index in [9.17, 15) is 4.79 Å². The van der Waals surface area contributed by atoms with Gasteiger partial charge in [0.05, 0.1) is 5.69 Å². The molecule has 2 N–H and O–H groups in total. The van der Waals surface area contributed by atoms with E-state index in [0.29, 0.717) is 5.95 Å². The summed E-state index contributed by atoms with van der Waals surface area (Å²) in [7, 11) is 0. The molecule has 0 saturated heterocycles. The van der Waals surface area contributed by atoms with E-state index in [1.54, 1.807) is 12.3 Å². The third kappa shape index (κ3) is 3.04. The Kier molecular flexibility index (Phi) is 3.88. The highest BCUT2D eigenvalue weighted by atomic mass is 79.9. The number of aliphatic carboxylic acids is 1. The smallest absolute Gasteiger partial charge is 0.322 e. The summed E-state index contributed by atoms with van der Waals surface area (Å²) in [6, 6.07) is 9.44. The zero-order chi connectivity index (χ0) is 13.0. The van der Waals surface area contributed by atoms with Crippen LogP contribution in [0.1, 0.15) is 0 Å². The van der Waals surface area contributed by atoms with Crippen molar-refractivity contribution in [3.05, 3.63) is 41.0 Å². The van der Waals surface area contributed by atoms with Gasteiger partial charge in [-0.25, -0.2) is 9.97 Å². The van der Waals surface area contributed by atoms with Gasteiger partial charge in [-0.15, -0.1) is 0 Å². The molecule has 0 atom stereocenters. The van der Waals surface area contributed by atoms with Gasteiger partial charge in [0, 0.05) is 16.2 Å². The highest BCUT2D eigenvalue weighted by Crippen LogP contribution is 2.26. The lowest BCUT2D eigenvalue weighted by Crippen LogP contribution is -2.14. The van der Waals surface area contributed by atoms with Crippen LogP contribution in [0.3, 0.4) is 0 Å². The van der Waals surface area contributed by atoms with Crippen molar-refractivity contribution in [2.75, 3.05) is 11.9 Å². The number of nitrogens with one attached hydrogen (secondary N) is 1. The Labute approximate surface area is 112 Å². The van der Waals surface area contributed by atoms with E-state index >= 15 is 0 Å². The van der Waals surface area contributed by atoms with Crippen LogP contribution >= 0.6 is 15.9 Å². The van der Waals surface area contributed by atoms with Crippen LogP contribution in [0, 0.1) is 0 Å². The van der Waals surface area contributed by atoms with Crippen LogP contribution in [0.4, 0.5) is 5.95 Å². The van der Waals surface area contributed by atoms with Crippen molar-refractivity contribution in [1.82, 2.24) is 9.97 Å². The molecule has 0 aliphatic rings. The number of nitrogens with zero attached hydrogens (tertiary/aromatic N) is 2. The molecule has 0 aliphatic carbocycles. The van der Waals surface area contributed by atoms with Gasteiger partial charge < -0.3 is 10.4 Å². The molecular weight excluding hydrogens is 298 g/mol. The second-order valence-electron chi connectivity index (χ2n) is 3.49. The van der Waals surface area contributed by atoms with E-state index < -0.39 is 5.97 Å². The van der Waals surface area contributed by atoms with Crippen molar-refractivity contribution in [1.29, 1.82) is 0 Å². The summed E-state index contributed by atoms with van der Waals surface area (Å²) in [5.41, 5.74) is 1.66. The lowest BCUT2D eigenvalue weighted by atomic mass is 10.1. The molecule has 2 aromatic rings. The predicted molar refractivity (Wildman–Crippen MR) is 71.3 cm³/mol. The molecule has 6 heteroatoms. The Morgan fingerprint density at radius 3 is 2.83 bits per heavy atom. The molecule has 0 amide bonds. The molecule has 1 aromatic carbocycles. The lowest BCUT2D eigenvalue weighted by molar-refractivity contribution is -0.134. The van der Waals surface area contributed by atoms with Crippen molar-refractivity contribution in [2.45, 2.75) is 0 Å². The van der Waals surface area contributed by atoms with Crippen LogP contribution < -0.4 is 5.32 Å². The Morgan fingerprint density at radius 2 is 2.11 bits per heavy atom. The first-order valence-electron chi connectivity index (χ1n) is 5.20. The number of carboxylic acid groups (broad SMARTS) is 1. The van der Waals surface area contributed by atoms with Crippen LogP contribution in [-0.2, 0) is 4.79 Å². The standard InChI is InChI=1S/C12H10BrN3O2/c13-9-4-2-1-3-8(9)10-5-6-14-12(16-10)15-7-11(17)18/h1-6H,7H2,(H,17,18)(H,14,15,16). The van der Waals surface area contributed by atoms with Crippen LogP contribution in [0.2, 0.25) is 0 Å². The van der Waals surface area contributed by atoms with Crippen molar-refractivity contribution < 1.29 is 9.90 Å². The molecule has 0 unspecified atom stereocenters. The van der Waals surface area contributed by atoms with Gasteiger partial charge in [-0.3, -0.25) is 4.79 Å². The fourth-order valence-corrected chi connectivity index (χ4v) is 1.91. The number of carbonyl (C=O) groups is 1. The fraction of sp³-hybridized carbons (Fsp3) is 0.0833. The molecule has 18 heavy (non-hydrogen) atoms. The zero-order valence-electron chi connectivity index (χ0n) is 9.30. The molecular formula is C12H10BrN3O2. The molecule has 1 heterocycles. The first kappa shape index (κ1) is 12.5. The topological polar surface area (TPSA) is 75.1 Å². The molecule has 2 rings (SSSR count). The van der Waals surface area contributed by atoms with Gasteiger partial charge >= 0.3 is 5.97 Å². The van der Waals surface area contributed by atoms with Crippen molar-refractivity contribution in [3.8, 4) is 11.3 Å². The molecule has 0 saturated carbocycles. The summed E-state index contributed by atoms with van der Waals surface area (Å²) in [5, 5.41) is 11.2. The number of hydrogen-bond donors (Lipinski definition) is 2. The summed E-state index contributed by atoms with van der Waals surface area (Å²) in [6.45, 7) is -0.209. The van der Waals surface area contributed by atoms with Gasteiger partial charge in [-0.2, -0.15) is 0 Å². The highest BCUT2D eigenvalue weighted by Gasteiger charge is 2.06. The molecule has 0 radical (unpaired) electrons. The van der Waals surface area contributed by atoms with Gasteiger partial charge in [0.2, 0.25) is 5.95 Å². The summed E-state index contributed by atoms with van der Waals surface area (Å²) in [5.74, 6) is -0.657. The quantitative estimate of drug-likeness (QED) is 0.907. The molecule has 0 aliphatic heterocycles. The van der Waals surface area contributed by atoms with E-state index in [2.05, 4.69) is 31.2 Å². The van der Waals surface area contributed by atoms with Gasteiger partial charge in [0.15, 0.2) is 0 Å². The lowest BCUT2D eigenvalue weighted by Gasteiger charge is -2.06. The summed E-state index contributed by atoms with van der Waals surface area (Å²) in [4.78, 5) is 18.7. The van der Waals surface area contributed by atoms with Crippen molar-refractivity contribution in [2.24, 2.45) is 0 Å². The number of carboxylic acids is 1. The predicted octanol–water partition coefficient (Wildman–Crippen LogP) is 2.40. The Bertz CT molecular complexity index is 575. The van der Waals surface area contributed by atoms with Crippen LogP contribution in [0.5, 0.6) is 0 Å². The minimum atomic E-state index is -0.954. The first-order valence-corrected chi connectivity index (χ1v) is 6.00. The van der Waals surface area contributed by atoms with Gasteiger partial charge in [0.25, 0.3) is 0 Å². The second kappa shape index (κ2) is 5.59. The normalized spacial score (nSPS) is 10.1. The maximum Gasteiger partial charge on any atom is 0.322 e. The third-order valence-corrected chi connectivity index (χ3v) is 2.89. The Morgan fingerprint density at radius 1 is 1.33 bits per heavy atom. The Hall–Kier alpha value is -1.95. The Balaban J connectivity index is 2.27. The van der Waals surface area contributed by atoms with Gasteiger partial charge in [0.1, 0.15) is 6.54 Å². The van der Waals surface area contributed by atoms with Crippen molar-refractivity contribution in [3.63, 3.8) is 0 Å². The average Bonchev–Trinajstić information content (AvgIpc) is 2.37. The van der Waals surface area contributed by atoms with E-state index in [1.807, 2.05) is 24.3 Å². The number of anilines is 1. The maximum atomic E-state index is 10.5. The van der Waals surface area contributed by atoms with E-state index in [0.717, 1.165) is 15.7 Å². The minimum absolute atomic E-state index is 0.209. The number of benzene rings is 1. The molecule has 92 valence electrons. The number of aromatic nitrogens is 2. The second-order valence-corrected chi connectivity index (χ2v) is 4.35.